The lowest BCUT2D eigenvalue weighted by Crippen LogP contribution is -2.66. The van der Waals surface area contributed by atoms with Crippen LogP contribution in [0.3, 0.4) is 0 Å². The maximum atomic E-state index is 12.5. The normalized spacial score (nSPS) is 41.6. The highest BCUT2D eigenvalue weighted by Gasteiger charge is 2.66. The number of nitrogens with zero attached hydrogens (tertiary/aromatic N) is 2. The lowest BCUT2D eigenvalue weighted by molar-refractivity contribution is -0.138. The van der Waals surface area contributed by atoms with E-state index in [1.165, 1.54) is 16.7 Å². The van der Waals surface area contributed by atoms with Gasteiger partial charge < -0.3 is 34.6 Å². The van der Waals surface area contributed by atoms with Crippen LogP contribution in [0.25, 0.3) is 0 Å². The van der Waals surface area contributed by atoms with E-state index in [0.717, 1.165) is 63.6 Å². The van der Waals surface area contributed by atoms with Gasteiger partial charge in [0.2, 0.25) is 0 Å². The lowest BCUT2D eigenvalue weighted by Gasteiger charge is -2.58. The molecule has 0 radical (unpaired) electrons. The molecule has 8 heteroatoms. The molecule has 0 unspecified atom stereocenters. The number of rotatable bonds is 0. The zero-order valence-corrected chi connectivity index (χ0v) is 24.4. The number of hydrogen-bond donors (Lipinski definition) is 3. The Morgan fingerprint density at radius 3 is 2.02 bits per heavy atom. The van der Waals surface area contributed by atoms with Crippen LogP contribution in [0, 0.1) is 11.8 Å². The summed E-state index contributed by atoms with van der Waals surface area (Å²) >= 11 is 0. The van der Waals surface area contributed by atoms with E-state index in [9.17, 15) is 20.1 Å². The number of carbonyl (C=O) groups is 1. The van der Waals surface area contributed by atoms with Gasteiger partial charge in [0.05, 0.1) is 6.10 Å². The molecule has 2 saturated carbocycles. The van der Waals surface area contributed by atoms with Gasteiger partial charge in [-0.05, 0) is 107 Å². The van der Waals surface area contributed by atoms with Crippen LogP contribution in [0.15, 0.2) is 24.3 Å². The zero-order chi connectivity index (χ0) is 28.7. The summed E-state index contributed by atoms with van der Waals surface area (Å²) in [7, 11) is 4.42. The predicted octanol–water partition coefficient (Wildman–Crippen LogP) is 3.05. The molecule has 42 heavy (non-hydrogen) atoms. The van der Waals surface area contributed by atoms with E-state index in [0.29, 0.717) is 41.8 Å². The Hall–Kier alpha value is -2.81. The summed E-state index contributed by atoms with van der Waals surface area (Å²) in [6, 6.07) is 8.61. The second-order valence-corrected chi connectivity index (χ2v) is 14.4. The van der Waals surface area contributed by atoms with Crippen molar-refractivity contribution in [2.45, 2.75) is 92.6 Å². The van der Waals surface area contributed by atoms with Gasteiger partial charge in [-0.3, -0.25) is 4.79 Å². The first-order valence-corrected chi connectivity index (χ1v) is 15.9. The van der Waals surface area contributed by atoms with E-state index >= 15 is 0 Å². The van der Waals surface area contributed by atoms with Gasteiger partial charge in [0.15, 0.2) is 34.9 Å². The maximum Gasteiger partial charge on any atom is 0.174 e. The summed E-state index contributed by atoms with van der Waals surface area (Å²) in [6.07, 6.45) is 6.53. The number of likely N-dealkylation sites (N-methyl/N-ethyl adjacent to an activating group) is 2. The Labute approximate surface area is 246 Å². The molecule has 9 atom stereocenters. The van der Waals surface area contributed by atoms with Gasteiger partial charge in [-0.2, -0.15) is 0 Å². The molecule has 4 heterocycles. The van der Waals surface area contributed by atoms with Gasteiger partial charge in [0.1, 0.15) is 6.10 Å². The summed E-state index contributed by atoms with van der Waals surface area (Å²) in [6.45, 7) is 2.05. The third-order valence-corrected chi connectivity index (χ3v) is 12.9. The third-order valence-electron chi connectivity index (χ3n) is 12.9. The summed E-state index contributed by atoms with van der Waals surface area (Å²) in [5.74, 6) is 2.93. The lowest BCUT2D eigenvalue weighted by atomic mass is 9.51. The van der Waals surface area contributed by atoms with E-state index in [-0.39, 0.29) is 40.3 Å². The molecule has 4 aliphatic heterocycles. The monoisotopic (exact) mass is 572 g/mol. The topological polar surface area (TPSA) is 103 Å². The highest BCUT2D eigenvalue weighted by atomic mass is 16.5. The highest BCUT2D eigenvalue weighted by molar-refractivity contribution is 5.89. The van der Waals surface area contributed by atoms with Crippen LogP contribution in [0.4, 0.5) is 0 Å². The number of aromatic hydroxyl groups is 2. The van der Waals surface area contributed by atoms with Gasteiger partial charge in [0, 0.05) is 40.5 Å². The van der Waals surface area contributed by atoms with Gasteiger partial charge in [-0.25, -0.2) is 0 Å². The smallest absolute Gasteiger partial charge is 0.174 e. The maximum absolute atomic E-state index is 12.5. The number of phenols is 2. The van der Waals surface area contributed by atoms with E-state index in [1.807, 2.05) is 6.07 Å². The van der Waals surface area contributed by atoms with E-state index in [1.54, 1.807) is 12.1 Å². The second kappa shape index (κ2) is 8.42. The number of hydrogen-bond acceptors (Lipinski definition) is 8. The molecule has 0 amide bonds. The second-order valence-electron chi connectivity index (χ2n) is 14.4. The minimum Gasteiger partial charge on any atom is -0.504 e. The molecule has 2 aromatic carbocycles. The number of ether oxygens (including phenoxy) is 2. The summed E-state index contributed by atoms with van der Waals surface area (Å²) < 4.78 is 12.2. The predicted molar refractivity (Wildman–Crippen MR) is 154 cm³/mol. The molecule has 3 N–H and O–H groups in total. The number of benzene rings is 2. The molecule has 8 nitrogen and oxygen atoms in total. The van der Waals surface area contributed by atoms with Crippen molar-refractivity contribution >= 4 is 5.78 Å². The van der Waals surface area contributed by atoms with Crippen molar-refractivity contribution in [1.29, 1.82) is 0 Å². The molecule has 222 valence electrons. The molecule has 8 aliphatic rings. The Kier molecular flexibility index (Phi) is 5.15. The van der Waals surface area contributed by atoms with Crippen LogP contribution in [-0.4, -0.2) is 88.5 Å². The number of aliphatic hydroxyl groups excluding tert-OH is 1. The molecule has 4 fully saturated rings. The fraction of sp³-hybridized carbons (Fsp3) is 0.618. The number of carbonyl (C=O) groups excluding carboxylic acids is 1. The minimum atomic E-state index is -0.414. The molecule has 10 rings (SSSR count). The van der Waals surface area contributed by atoms with E-state index in [4.69, 9.17) is 9.47 Å². The first-order valence-electron chi connectivity index (χ1n) is 15.9. The minimum absolute atomic E-state index is 0.0729. The van der Waals surface area contributed by atoms with Gasteiger partial charge in [-0.1, -0.05) is 12.1 Å². The average Bonchev–Trinajstić information content (AvgIpc) is 3.52. The molecule has 4 bridgehead atoms. The Morgan fingerprint density at radius 1 is 0.786 bits per heavy atom. The molecular weight excluding hydrogens is 532 g/mol. The van der Waals surface area contributed by atoms with Gasteiger partial charge in [0.25, 0.3) is 0 Å². The SMILES string of the molecule is CN1CC[C@]23c4c5ccc(O)c4O[C@H]2C(=O)CC[C@H]3[C@H]1C5.CN1CC[C@]23c4c5ccc(O)c4O[C@H]2[C@@H](O)CC[C@H]3[C@H]1C5. The first-order chi connectivity index (χ1) is 20.3. The van der Waals surface area contributed by atoms with Crippen LogP contribution in [-0.2, 0) is 28.5 Å². The van der Waals surface area contributed by atoms with Gasteiger partial charge in [-0.15, -0.1) is 0 Å². The summed E-state index contributed by atoms with van der Waals surface area (Å²) in [5, 5.41) is 31.0. The van der Waals surface area contributed by atoms with Crippen LogP contribution in [0.2, 0.25) is 0 Å². The quantitative estimate of drug-likeness (QED) is 0.443. The number of ketones is 1. The van der Waals surface area contributed by atoms with Gasteiger partial charge >= 0.3 is 0 Å². The summed E-state index contributed by atoms with van der Waals surface area (Å²) in [4.78, 5) is 17.4. The molecule has 4 aliphatic carbocycles. The molecule has 2 saturated heterocycles. The Bertz CT molecular complexity index is 1530. The standard InChI is InChI=1S/C17H21NO3.C17H19NO3/c2*1-18-7-6-17-10-3-5-13(20)16(17)21-15-12(19)4-2-9(14(15)17)8-11(10)18/h2,4,10-11,13,16,19-20H,3,5-8H2,1H3;2,4,10-11,16,19H,3,5-8H2,1H3/t10-,11+,13-,16-,17-;10-,11+,16-,17-/m00/s1. The fourth-order valence-corrected chi connectivity index (χ4v) is 11.2. The van der Waals surface area contributed by atoms with Crippen molar-refractivity contribution in [3.8, 4) is 23.0 Å². The van der Waals surface area contributed by atoms with Crippen LogP contribution < -0.4 is 9.47 Å². The largest absolute Gasteiger partial charge is 0.504 e. The number of aliphatic hydroxyl groups is 1. The van der Waals surface area contributed by atoms with Crippen molar-refractivity contribution in [2.75, 3.05) is 27.2 Å². The van der Waals surface area contributed by atoms with Crippen molar-refractivity contribution < 1.29 is 29.6 Å². The van der Waals surface area contributed by atoms with Crippen LogP contribution in [0.1, 0.15) is 60.8 Å². The molecule has 2 aromatic rings. The number of piperidine rings is 2. The van der Waals surface area contributed by atoms with Crippen molar-refractivity contribution in [3.63, 3.8) is 0 Å². The van der Waals surface area contributed by atoms with Crippen molar-refractivity contribution in [3.05, 3.63) is 46.5 Å². The number of phenolic OH excluding ortho intramolecular Hbond substituents is 2. The van der Waals surface area contributed by atoms with E-state index < -0.39 is 6.10 Å². The van der Waals surface area contributed by atoms with Crippen LogP contribution >= 0.6 is 0 Å². The third kappa shape index (κ3) is 2.92. The highest BCUT2D eigenvalue weighted by Crippen LogP contribution is 2.64. The van der Waals surface area contributed by atoms with Crippen LogP contribution in [0.5, 0.6) is 23.0 Å². The summed E-state index contributed by atoms with van der Waals surface area (Å²) in [5.41, 5.74) is 4.72. The first kappa shape index (κ1) is 25.7. The number of likely N-dealkylation sites (tertiary alicyclic amines) is 2. The Morgan fingerprint density at radius 2 is 1.36 bits per heavy atom. The Balaban J connectivity index is 0.000000119. The fourth-order valence-electron chi connectivity index (χ4n) is 11.2. The molecular formula is C34H40N2O6. The molecule has 0 aromatic heterocycles. The number of Topliss-reactive ketones (excluding diaryl/α,β-unsaturated/α-hetero) is 1. The molecule has 2 spiro atoms. The van der Waals surface area contributed by atoms with E-state index in [2.05, 4.69) is 30.0 Å². The van der Waals surface area contributed by atoms with Crippen molar-refractivity contribution in [1.82, 2.24) is 9.80 Å². The zero-order valence-electron chi connectivity index (χ0n) is 24.4. The van der Waals surface area contributed by atoms with Crippen molar-refractivity contribution in [2.24, 2.45) is 11.8 Å². The average molecular weight is 573 g/mol.